The van der Waals surface area contributed by atoms with E-state index in [9.17, 15) is 0 Å². The number of aromatic nitrogens is 5. The Balaban J connectivity index is 2.49. The molecule has 6 heteroatoms. The summed E-state index contributed by atoms with van der Waals surface area (Å²) < 4.78 is 1.48. The molecule has 0 aliphatic carbocycles. The maximum Gasteiger partial charge on any atom is 0.252 e. The van der Waals surface area contributed by atoms with E-state index < -0.39 is 0 Å². The van der Waals surface area contributed by atoms with Crippen LogP contribution in [0.2, 0.25) is 0 Å². The lowest BCUT2D eigenvalue weighted by Crippen LogP contribution is -2.07. The number of aryl methyl sites for hydroxylation is 1. The van der Waals surface area contributed by atoms with Gasteiger partial charge in [0.15, 0.2) is 0 Å². The molecule has 2 N–H and O–H groups in total. The molecule has 0 aliphatic rings. The molecule has 2 aromatic rings. The second-order valence-corrected chi connectivity index (χ2v) is 3.94. The quantitative estimate of drug-likeness (QED) is 0.815. The SMILES string of the molecule is Cc1cc(C(C)C)nc(-n2cnc(N)n2)n1. The van der Waals surface area contributed by atoms with Crippen molar-refractivity contribution >= 4 is 5.95 Å². The summed E-state index contributed by atoms with van der Waals surface area (Å²) in [6.07, 6.45) is 1.51. The minimum Gasteiger partial charge on any atom is -0.366 e. The van der Waals surface area contributed by atoms with Crippen LogP contribution in [-0.2, 0) is 0 Å². The van der Waals surface area contributed by atoms with Gasteiger partial charge in [-0.15, -0.1) is 5.10 Å². The molecule has 0 radical (unpaired) electrons. The van der Waals surface area contributed by atoms with Crippen molar-refractivity contribution in [2.45, 2.75) is 26.7 Å². The molecular weight excluding hydrogens is 204 g/mol. The van der Waals surface area contributed by atoms with Crippen molar-refractivity contribution in [1.29, 1.82) is 0 Å². The number of hydrogen-bond donors (Lipinski definition) is 1. The van der Waals surface area contributed by atoms with Gasteiger partial charge in [-0.1, -0.05) is 13.8 Å². The zero-order chi connectivity index (χ0) is 11.7. The molecule has 0 spiro atoms. The Morgan fingerprint density at radius 2 is 2.06 bits per heavy atom. The zero-order valence-electron chi connectivity index (χ0n) is 9.55. The van der Waals surface area contributed by atoms with Gasteiger partial charge in [-0.25, -0.2) is 15.0 Å². The van der Waals surface area contributed by atoms with Crippen LogP contribution in [0.5, 0.6) is 0 Å². The van der Waals surface area contributed by atoms with Crippen LogP contribution in [0.1, 0.15) is 31.2 Å². The molecule has 0 unspecified atom stereocenters. The van der Waals surface area contributed by atoms with Gasteiger partial charge in [0.25, 0.3) is 5.95 Å². The standard InChI is InChI=1S/C10H14N6/c1-6(2)8-4-7(3)13-10(14-8)16-5-12-9(11)15-16/h4-6H,1-3H3,(H2,11,15). The minimum absolute atomic E-state index is 0.219. The predicted molar refractivity (Wildman–Crippen MR) is 60.2 cm³/mol. The van der Waals surface area contributed by atoms with Crippen molar-refractivity contribution in [3.8, 4) is 5.95 Å². The molecule has 6 nitrogen and oxygen atoms in total. The molecular formula is C10H14N6. The van der Waals surface area contributed by atoms with E-state index >= 15 is 0 Å². The number of nitrogens with two attached hydrogens (primary N) is 1. The summed E-state index contributed by atoms with van der Waals surface area (Å²) in [5, 5.41) is 3.98. The van der Waals surface area contributed by atoms with Crippen LogP contribution in [-0.4, -0.2) is 24.7 Å². The summed E-state index contributed by atoms with van der Waals surface area (Å²) in [5.41, 5.74) is 7.34. The second kappa shape index (κ2) is 3.88. The fraction of sp³-hybridized carbons (Fsp3) is 0.400. The first-order valence-corrected chi connectivity index (χ1v) is 5.09. The highest BCUT2D eigenvalue weighted by atomic mass is 15.4. The molecule has 16 heavy (non-hydrogen) atoms. The van der Waals surface area contributed by atoms with E-state index in [4.69, 9.17) is 5.73 Å². The van der Waals surface area contributed by atoms with Gasteiger partial charge in [-0.3, -0.25) is 0 Å². The summed E-state index contributed by atoms with van der Waals surface area (Å²) in [6, 6.07) is 1.97. The van der Waals surface area contributed by atoms with E-state index in [1.165, 1.54) is 11.0 Å². The molecule has 0 saturated heterocycles. The van der Waals surface area contributed by atoms with Crippen LogP contribution < -0.4 is 5.73 Å². The number of nitrogens with zero attached hydrogens (tertiary/aromatic N) is 5. The Hall–Kier alpha value is -1.98. The summed E-state index contributed by atoms with van der Waals surface area (Å²) in [6.45, 7) is 6.10. The van der Waals surface area contributed by atoms with E-state index in [1.807, 2.05) is 13.0 Å². The molecule has 0 bridgehead atoms. The van der Waals surface area contributed by atoms with Crippen LogP contribution in [0.25, 0.3) is 5.95 Å². The Bertz CT molecular complexity index is 502. The van der Waals surface area contributed by atoms with Crippen molar-refractivity contribution in [3.63, 3.8) is 0 Å². The Morgan fingerprint density at radius 1 is 1.31 bits per heavy atom. The fourth-order valence-corrected chi connectivity index (χ4v) is 1.35. The lowest BCUT2D eigenvalue weighted by Gasteiger charge is -2.07. The van der Waals surface area contributed by atoms with Gasteiger partial charge in [0.1, 0.15) is 6.33 Å². The fourth-order valence-electron chi connectivity index (χ4n) is 1.35. The third-order valence-electron chi connectivity index (χ3n) is 2.17. The maximum atomic E-state index is 5.45. The lowest BCUT2D eigenvalue weighted by atomic mass is 10.1. The van der Waals surface area contributed by atoms with Crippen molar-refractivity contribution in [3.05, 3.63) is 23.8 Å². The average molecular weight is 218 g/mol. The van der Waals surface area contributed by atoms with Crippen molar-refractivity contribution in [1.82, 2.24) is 24.7 Å². The van der Waals surface area contributed by atoms with Gasteiger partial charge in [0, 0.05) is 11.4 Å². The zero-order valence-corrected chi connectivity index (χ0v) is 9.55. The first-order chi connectivity index (χ1) is 7.56. The summed E-state index contributed by atoms with van der Waals surface area (Å²) >= 11 is 0. The molecule has 0 aromatic carbocycles. The number of nitrogen functional groups attached to an aromatic ring is 1. The molecule has 0 fully saturated rings. The van der Waals surface area contributed by atoms with Crippen molar-refractivity contribution in [2.24, 2.45) is 0 Å². The topological polar surface area (TPSA) is 82.5 Å². The van der Waals surface area contributed by atoms with Gasteiger partial charge in [0.05, 0.1) is 0 Å². The summed E-state index contributed by atoms with van der Waals surface area (Å²) in [5.74, 6) is 1.07. The van der Waals surface area contributed by atoms with Gasteiger partial charge in [-0.05, 0) is 18.9 Å². The normalized spacial score (nSPS) is 11.0. The molecule has 84 valence electrons. The molecule has 2 heterocycles. The predicted octanol–water partition coefficient (Wildman–Crippen LogP) is 1.07. The molecule has 0 atom stereocenters. The van der Waals surface area contributed by atoms with Crippen LogP contribution in [0.4, 0.5) is 5.95 Å². The molecule has 2 rings (SSSR count). The highest BCUT2D eigenvalue weighted by Gasteiger charge is 2.08. The first kappa shape index (κ1) is 10.5. The number of rotatable bonds is 2. The van der Waals surface area contributed by atoms with Gasteiger partial charge < -0.3 is 5.73 Å². The number of hydrogen-bond acceptors (Lipinski definition) is 5. The minimum atomic E-state index is 0.219. The summed E-state index contributed by atoms with van der Waals surface area (Å²) in [7, 11) is 0. The van der Waals surface area contributed by atoms with E-state index in [1.54, 1.807) is 0 Å². The highest BCUT2D eigenvalue weighted by Crippen LogP contribution is 2.13. The Kier molecular flexibility index (Phi) is 2.55. The van der Waals surface area contributed by atoms with E-state index in [-0.39, 0.29) is 5.95 Å². The van der Waals surface area contributed by atoms with Gasteiger partial charge >= 0.3 is 0 Å². The van der Waals surface area contributed by atoms with Crippen molar-refractivity contribution < 1.29 is 0 Å². The van der Waals surface area contributed by atoms with Gasteiger partial charge in [-0.2, -0.15) is 4.68 Å². The largest absolute Gasteiger partial charge is 0.366 e. The smallest absolute Gasteiger partial charge is 0.252 e. The van der Waals surface area contributed by atoms with Crippen LogP contribution in [0, 0.1) is 6.92 Å². The first-order valence-electron chi connectivity index (χ1n) is 5.09. The monoisotopic (exact) mass is 218 g/mol. The third-order valence-corrected chi connectivity index (χ3v) is 2.17. The Morgan fingerprint density at radius 3 is 2.62 bits per heavy atom. The van der Waals surface area contributed by atoms with Gasteiger partial charge in [0.2, 0.25) is 5.95 Å². The highest BCUT2D eigenvalue weighted by molar-refractivity contribution is 5.21. The lowest BCUT2D eigenvalue weighted by molar-refractivity contribution is 0.751. The Labute approximate surface area is 93.6 Å². The molecule has 0 amide bonds. The van der Waals surface area contributed by atoms with Crippen molar-refractivity contribution in [2.75, 3.05) is 5.73 Å². The van der Waals surface area contributed by atoms with E-state index in [2.05, 4.69) is 33.9 Å². The van der Waals surface area contributed by atoms with E-state index in [0.717, 1.165) is 11.4 Å². The average Bonchev–Trinajstić information content (AvgIpc) is 2.64. The summed E-state index contributed by atoms with van der Waals surface area (Å²) in [4.78, 5) is 12.6. The van der Waals surface area contributed by atoms with Crippen LogP contribution >= 0.6 is 0 Å². The second-order valence-electron chi connectivity index (χ2n) is 3.94. The molecule has 0 aliphatic heterocycles. The molecule has 0 saturated carbocycles. The maximum absolute atomic E-state index is 5.45. The third kappa shape index (κ3) is 2.00. The molecule has 2 aromatic heterocycles. The van der Waals surface area contributed by atoms with E-state index in [0.29, 0.717) is 11.9 Å². The number of anilines is 1. The van der Waals surface area contributed by atoms with Crippen LogP contribution in [0.15, 0.2) is 12.4 Å². The van der Waals surface area contributed by atoms with Crippen LogP contribution in [0.3, 0.4) is 0 Å².